The van der Waals surface area contributed by atoms with E-state index in [0.717, 1.165) is 18.2 Å². The zero-order chi connectivity index (χ0) is 11.4. The first-order valence-electron chi connectivity index (χ1n) is 3.94. The van der Waals surface area contributed by atoms with Crippen LogP contribution in [0.4, 0.5) is 13.2 Å². The van der Waals surface area contributed by atoms with E-state index >= 15 is 0 Å². The van der Waals surface area contributed by atoms with Crippen LogP contribution in [0.25, 0.3) is 0 Å². The molecule has 0 bridgehead atoms. The first-order valence-corrected chi connectivity index (χ1v) is 3.94. The summed E-state index contributed by atoms with van der Waals surface area (Å²) in [6.07, 6.45) is -0.499. The fourth-order valence-corrected chi connectivity index (χ4v) is 1.01. The van der Waals surface area contributed by atoms with E-state index in [2.05, 4.69) is 4.74 Å². The Balaban J connectivity index is 2.83. The van der Waals surface area contributed by atoms with E-state index in [1.807, 2.05) is 0 Å². The number of ether oxygens (including phenoxy) is 1. The van der Waals surface area contributed by atoms with E-state index in [1.54, 1.807) is 0 Å². The smallest absolute Gasteiger partial charge is 0.387 e. The summed E-state index contributed by atoms with van der Waals surface area (Å²) in [6.45, 7) is -3.03. The van der Waals surface area contributed by atoms with E-state index in [-0.39, 0.29) is 11.3 Å². The van der Waals surface area contributed by atoms with Crippen LogP contribution in [-0.4, -0.2) is 17.7 Å². The highest BCUT2D eigenvalue weighted by molar-refractivity contribution is 5.70. The molecule has 0 saturated heterocycles. The summed E-state index contributed by atoms with van der Waals surface area (Å²) in [6, 6.07) is 2.92. The number of rotatable bonds is 4. The van der Waals surface area contributed by atoms with Crippen LogP contribution >= 0.6 is 0 Å². The summed E-state index contributed by atoms with van der Waals surface area (Å²) in [5.41, 5.74) is -0.0795. The maximum Gasteiger partial charge on any atom is 0.387 e. The number of carbonyl (C=O) groups is 1. The number of hydrogen-bond acceptors (Lipinski definition) is 2. The molecule has 0 aliphatic carbocycles. The highest BCUT2D eigenvalue weighted by Gasteiger charge is 2.10. The summed E-state index contributed by atoms with van der Waals surface area (Å²) in [5, 5.41) is 8.39. The molecule has 1 N–H and O–H groups in total. The molecule has 15 heavy (non-hydrogen) atoms. The van der Waals surface area contributed by atoms with E-state index < -0.39 is 24.8 Å². The van der Waals surface area contributed by atoms with Crippen molar-refractivity contribution in [1.82, 2.24) is 0 Å². The Morgan fingerprint density at radius 3 is 2.60 bits per heavy atom. The lowest BCUT2D eigenvalue weighted by atomic mass is 10.1. The van der Waals surface area contributed by atoms with Crippen molar-refractivity contribution in [3.63, 3.8) is 0 Å². The highest BCUT2D eigenvalue weighted by atomic mass is 19.3. The Morgan fingerprint density at radius 1 is 1.47 bits per heavy atom. The Morgan fingerprint density at radius 2 is 2.13 bits per heavy atom. The monoisotopic (exact) mass is 220 g/mol. The molecule has 0 aromatic heterocycles. The van der Waals surface area contributed by atoms with Gasteiger partial charge in [0.1, 0.15) is 11.6 Å². The zero-order valence-electron chi connectivity index (χ0n) is 7.41. The second-order valence-corrected chi connectivity index (χ2v) is 2.70. The summed E-state index contributed by atoms with van der Waals surface area (Å²) >= 11 is 0. The molecular formula is C9H7F3O3. The van der Waals surface area contributed by atoms with Crippen molar-refractivity contribution >= 4 is 5.97 Å². The maximum absolute atomic E-state index is 13.1. The van der Waals surface area contributed by atoms with Crippen molar-refractivity contribution in [2.24, 2.45) is 0 Å². The number of alkyl halides is 2. The van der Waals surface area contributed by atoms with Crippen LogP contribution in [-0.2, 0) is 11.2 Å². The van der Waals surface area contributed by atoms with Crippen LogP contribution < -0.4 is 4.74 Å². The lowest BCUT2D eigenvalue weighted by Gasteiger charge is -2.05. The van der Waals surface area contributed by atoms with E-state index in [4.69, 9.17) is 5.11 Å². The molecule has 1 aromatic rings. The normalized spacial score (nSPS) is 10.4. The molecule has 1 aromatic carbocycles. The standard InChI is InChI=1S/C9H7F3O3/c10-7-4-6(15-9(11)12)2-1-5(7)3-8(13)14/h1-2,4,9H,3H2,(H,13,14). The second kappa shape index (κ2) is 4.68. The van der Waals surface area contributed by atoms with Crippen molar-refractivity contribution in [2.45, 2.75) is 13.0 Å². The lowest BCUT2D eigenvalue weighted by molar-refractivity contribution is -0.136. The molecule has 82 valence electrons. The van der Waals surface area contributed by atoms with Gasteiger partial charge in [-0.1, -0.05) is 6.07 Å². The summed E-state index contributed by atoms with van der Waals surface area (Å²) in [7, 11) is 0. The third-order valence-corrected chi connectivity index (χ3v) is 1.59. The first-order chi connectivity index (χ1) is 6.99. The van der Waals surface area contributed by atoms with E-state index in [0.29, 0.717) is 0 Å². The van der Waals surface area contributed by atoms with E-state index in [9.17, 15) is 18.0 Å². The number of benzene rings is 1. The van der Waals surface area contributed by atoms with Gasteiger partial charge in [-0.05, 0) is 11.6 Å². The topological polar surface area (TPSA) is 46.5 Å². The molecule has 0 unspecified atom stereocenters. The first kappa shape index (κ1) is 11.4. The molecule has 0 amide bonds. The molecule has 0 heterocycles. The Bertz CT molecular complexity index is 366. The number of aliphatic carboxylic acids is 1. The van der Waals surface area contributed by atoms with Crippen LogP contribution in [0.5, 0.6) is 5.75 Å². The molecule has 0 saturated carbocycles. The average molecular weight is 220 g/mol. The summed E-state index contributed by atoms with van der Waals surface area (Å²) in [4.78, 5) is 10.3. The third-order valence-electron chi connectivity index (χ3n) is 1.59. The fraction of sp³-hybridized carbons (Fsp3) is 0.222. The number of carboxylic acids is 1. The van der Waals surface area contributed by atoms with E-state index in [1.165, 1.54) is 0 Å². The van der Waals surface area contributed by atoms with Crippen molar-refractivity contribution in [1.29, 1.82) is 0 Å². The van der Waals surface area contributed by atoms with Crippen molar-refractivity contribution in [3.8, 4) is 5.75 Å². The van der Waals surface area contributed by atoms with Crippen LogP contribution in [0.2, 0.25) is 0 Å². The van der Waals surface area contributed by atoms with Crippen molar-refractivity contribution < 1.29 is 27.8 Å². The van der Waals surface area contributed by atoms with Gasteiger partial charge >= 0.3 is 12.6 Å². The van der Waals surface area contributed by atoms with Gasteiger partial charge < -0.3 is 9.84 Å². The Labute approximate surface area is 83.1 Å². The number of carboxylic acid groups (broad SMARTS) is 1. The SMILES string of the molecule is O=C(O)Cc1ccc(OC(F)F)cc1F. The molecule has 0 spiro atoms. The number of halogens is 3. The molecule has 0 fully saturated rings. The largest absolute Gasteiger partial charge is 0.481 e. The molecule has 0 atom stereocenters. The highest BCUT2D eigenvalue weighted by Crippen LogP contribution is 2.18. The summed E-state index contributed by atoms with van der Waals surface area (Å²) in [5.74, 6) is -2.41. The molecule has 0 radical (unpaired) electrons. The third kappa shape index (κ3) is 3.49. The second-order valence-electron chi connectivity index (χ2n) is 2.70. The van der Waals surface area contributed by atoms with Gasteiger partial charge in [-0.15, -0.1) is 0 Å². The molecule has 0 aliphatic rings. The maximum atomic E-state index is 13.1. The predicted octanol–water partition coefficient (Wildman–Crippen LogP) is 2.05. The van der Waals surface area contributed by atoms with Crippen LogP contribution in [0.15, 0.2) is 18.2 Å². The van der Waals surface area contributed by atoms with Crippen LogP contribution in [0.1, 0.15) is 5.56 Å². The van der Waals surface area contributed by atoms with Gasteiger partial charge in [-0.25, -0.2) is 4.39 Å². The molecular weight excluding hydrogens is 213 g/mol. The quantitative estimate of drug-likeness (QED) is 0.844. The lowest BCUT2D eigenvalue weighted by Crippen LogP contribution is -2.05. The van der Waals surface area contributed by atoms with Crippen molar-refractivity contribution in [3.05, 3.63) is 29.6 Å². The molecule has 3 nitrogen and oxygen atoms in total. The minimum atomic E-state index is -3.03. The Hall–Kier alpha value is -1.72. The molecule has 6 heteroatoms. The van der Waals surface area contributed by atoms with Gasteiger partial charge in [0.2, 0.25) is 0 Å². The van der Waals surface area contributed by atoms with Gasteiger partial charge in [-0.3, -0.25) is 4.79 Å². The van der Waals surface area contributed by atoms with Crippen molar-refractivity contribution in [2.75, 3.05) is 0 Å². The fourth-order valence-electron chi connectivity index (χ4n) is 1.01. The summed E-state index contributed by atoms with van der Waals surface area (Å²) < 4.78 is 40.5. The predicted molar refractivity (Wildman–Crippen MR) is 44.4 cm³/mol. The van der Waals surface area contributed by atoms with Crippen LogP contribution in [0, 0.1) is 5.82 Å². The van der Waals surface area contributed by atoms with Gasteiger partial charge in [-0.2, -0.15) is 8.78 Å². The molecule has 0 aliphatic heterocycles. The van der Waals surface area contributed by atoms with Gasteiger partial charge in [0, 0.05) is 6.07 Å². The molecule has 1 rings (SSSR count). The Kier molecular flexibility index (Phi) is 3.54. The minimum absolute atomic E-state index is 0.0795. The zero-order valence-corrected chi connectivity index (χ0v) is 7.41. The number of hydrogen-bond donors (Lipinski definition) is 1. The van der Waals surface area contributed by atoms with Gasteiger partial charge in [0.25, 0.3) is 0 Å². The minimum Gasteiger partial charge on any atom is -0.481 e. The van der Waals surface area contributed by atoms with Crippen LogP contribution in [0.3, 0.4) is 0 Å². The average Bonchev–Trinajstić information content (AvgIpc) is 2.08. The van der Waals surface area contributed by atoms with Gasteiger partial charge in [0.05, 0.1) is 6.42 Å². The van der Waals surface area contributed by atoms with Gasteiger partial charge in [0.15, 0.2) is 0 Å².